The monoisotopic (exact) mass is 583 g/mol. The molecule has 3 aliphatic rings. The largest absolute Gasteiger partial charge is 0.379 e. The van der Waals surface area contributed by atoms with Gasteiger partial charge in [-0.05, 0) is 43.4 Å². The number of nitrogens with zero attached hydrogens (tertiary/aromatic N) is 1. The maximum atomic E-state index is 13.8. The van der Waals surface area contributed by atoms with Crippen molar-refractivity contribution in [2.75, 3.05) is 39.5 Å². The first-order valence-electron chi connectivity index (χ1n) is 15.3. The van der Waals surface area contributed by atoms with Gasteiger partial charge in [-0.2, -0.15) is 0 Å². The molecule has 4 atom stereocenters. The summed E-state index contributed by atoms with van der Waals surface area (Å²) in [4.78, 5) is 66.7. The van der Waals surface area contributed by atoms with E-state index in [1.54, 1.807) is 38.1 Å². The zero-order chi connectivity index (χ0) is 30.3. The highest BCUT2D eigenvalue weighted by molar-refractivity contribution is 5.97. The number of rotatable bonds is 16. The zero-order valence-corrected chi connectivity index (χ0v) is 24.9. The summed E-state index contributed by atoms with van der Waals surface area (Å²) in [6.45, 7) is 6.63. The number of nitrogens with two attached hydrogens (primary N) is 1. The van der Waals surface area contributed by atoms with Crippen LogP contribution in [0, 0.1) is 17.8 Å². The van der Waals surface area contributed by atoms with Gasteiger partial charge < -0.3 is 20.5 Å². The van der Waals surface area contributed by atoms with E-state index in [0.29, 0.717) is 50.8 Å². The summed E-state index contributed by atoms with van der Waals surface area (Å²) in [5.41, 5.74) is 5.63. The minimum Gasteiger partial charge on any atom is -0.379 e. The van der Waals surface area contributed by atoms with Crippen molar-refractivity contribution in [3.05, 3.63) is 35.4 Å². The molecular weight excluding hydrogens is 538 g/mol. The normalized spacial score (nSPS) is 23.1. The summed E-state index contributed by atoms with van der Waals surface area (Å²) in [5, 5.41) is 2.90. The molecule has 2 amide bonds. The van der Waals surface area contributed by atoms with Gasteiger partial charge in [-0.3, -0.25) is 28.9 Å². The number of hydrogen-bond donors (Lipinski definition) is 2. The fourth-order valence-corrected chi connectivity index (χ4v) is 6.11. The molecule has 10 nitrogen and oxygen atoms in total. The number of ether oxygens (including phenoxy) is 2. The number of amides is 2. The van der Waals surface area contributed by atoms with E-state index >= 15 is 0 Å². The Morgan fingerprint density at radius 3 is 2.29 bits per heavy atom. The van der Waals surface area contributed by atoms with E-state index < -0.39 is 29.4 Å². The summed E-state index contributed by atoms with van der Waals surface area (Å²) in [5.74, 6) is -1.94. The molecule has 42 heavy (non-hydrogen) atoms. The Hall–Kier alpha value is -2.95. The van der Waals surface area contributed by atoms with Crippen molar-refractivity contribution < 1.29 is 33.4 Å². The number of epoxide rings is 1. The van der Waals surface area contributed by atoms with Gasteiger partial charge in [0.15, 0.2) is 11.6 Å². The van der Waals surface area contributed by atoms with Crippen LogP contribution in [0.2, 0.25) is 0 Å². The molecule has 2 saturated heterocycles. The first-order valence-corrected chi connectivity index (χ1v) is 15.3. The summed E-state index contributed by atoms with van der Waals surface area (Å²) in [6, 6.07) is 5.71. The number of carbonyl (C=O) groups is 5. The van der Waals surface area contributed by atoms with Crippen molar-refractivity contribution >= 4 is 29.2 Å². The van der Waals surface area contributed by atoms with Crippen LogP contribution in [-0.4, -0.2) is 85.2 Å². The van der Waals surface area contributed by atoms with Crippen LogP contribution in [0.25, 0.3) is 0 Å². The van der Waals surface area contributed by atoms with Gasteiger partial charge >= 0.3 is 0 Å². The van der Waals surface area contributed by atoms with Crippen molar-refractivity contribution in [2.45, 2.75) is 76.9 Å². The van der Waals surface area contributed by atoms with E-state index in [0.717, 1.165) is 31.2 Å². The van der Waals surface area contributed by atoms with Gasteiger partial charge in [0, 0.05) is 43.3 Å². The Morgan fingerprint density at radius 1 is 1.05 bits per heavy atom. The molecule has 10 heteroatoms. The van der Waals surface area contributed by atoms with Crippen LogP contribution < -0.4 is 11.1 Å². The van der Waals surface area contributed by atoms with Gasteiger partial charge in [0.1, 0.15) is 11.4 Å². The molecule has 0 spiro atoms. The quantitative estimate of drug-likeness (QED) is 0.282. The molecule has 0 radical (unpaired) electrons. The minimum atomic E-state index is -0.888. The average molecular weight is 584 g/mol. The van der Waals surface area contributed by atoms with E-state index in [1.165, 1.54) is 0 Å². The lowest BCUT2D eigenvalue weighted by Crippen LogP contribution is -2.46. The fourth-order valence-electron chi connectivity index (χ4n) is 6.11. The number of primary amides is 1. The Morgan fingerprint density at radius 2 is 1.69 bits per heavy atom. The van der Waals surface area contributed by atoms with Crippen molar-refractivity contribution in [1.29, 1.82) is 0 Å². The lowest BCUT2D eigenvalue weighted by atomic mass is 9.81. The minimum absolute atomic E-state index is 0.0168. The van der Waals surface area contributed by atoms with E-state index in [1.807, 2.05) is 4.90 Å². The molecule has 230 valence electrons. The van der Waals surface area contributed by atoms with E-state index in [-0.39, 0.29) is 49.1 Å². The van der Waals surface area contributed by atoms with E-state index in [4.69, 9.17) is 15.2 Å². The van der Waals surface area contributed by atoms with E-state index in [9.17, 15) is 24.0 Å². The van der Waals surface area contributed by atoms with Crippen LogP contribution in [0.4, 0.5) is 0 Å². The maximum absolute atomic E-state index is 13.8. The van der Waals surface area contributed by atoms with Crippen molar-refractivity contribution in [1.82, 2.24) is 10.2 Å². The molecule has 0 aromatic heterocycles. The van der Waals surface area contributed by atoms with Crippen molar-refractivity contribution in [3.63, 3.8) is 0 Å². The Labute approximate surface area is 248 Å². The predicted octanol–water partition coefficient (Wildman–Crippen LogP) is 2.25. The number of benzene rings is 1. The van der Waals surface area contributed by atoms with Crippen molar-refractivity contribution in [3.8, 4) is 0 Å². The highest BCUT2D eigenvalue weighted by Gasteiger charge is 2.50. The molecule has 1 aromatic rings. The second kappa shape index (κ2) is 14.5. The zero-order valence-electron chi connectivity index (χ0n) is 24.9. The Kier molecular flexibility index (Phi) is 11.0. The molecule has 1 aliphatic carbocycles. The number of Topliss-reactive ketones (excluding diaryl/α,β-unsaturated/α-hetero) is 3. The second-order valence-corrected chi connectivity index (χ2v) is 12.5. The first-order chi connectivity index (χ1) is 20.0. The third kappa shape index (κ3) is 9.02. The molecule has 4 unspecified atom stereocenters. The summed E-state index contributed by atoms with van der Waals surface area (Å²) >= 11 is 0. The number of morpholine rings is 1. The van der Waals surface area contributed by atoms with Gasteiger partial charge in [0.25, 0.3) is 0 Å². The van der Waals surface area contributed by atoms with Crippen LogP contribution >= 0.6 is 0 Å². The smallest absolute Gasteiger partial charge is 0.248 e. The van der Waals surface area contributed by atoms with Gasteiger partial charge in [0.05, 0.1) is 32.4 Å². The SMILES string of the molecule is CC(CC(=O)CN1CCOCC1)C(=O)NC(Cc1ccc(C(N)=O)cc1)C(=O)CC(CC1CCCC1)C(=O)C1(C)CO1. The number of hydrogen-bond acceptors (Lipinski definition) is 8. The topological polar surface area (TPSA) is 148 Å². The van der Waals surface area contributed by atoms with Crippen molar-refractivity contribution in [2.24, 2.45) is 23.5 Å². The molecule has 1 saturated carbocycles. The molecule has 2 aliphatic heterocycles. The summed E-state index contributed by atoms with van der Waals surface area (Å²) in [7, 11) is 0. The molecule has 0 bridgehead atoms. The summed E-state index contributed by atoms with van der Waals surface area (Å²) < 4.78 is 10.8. The summed E-state index contributed by atoms with van der Waals surface area (Å²) in [6.07, 6.45) is 5.29. The van der Waals surface area contributed by atoms with Gasteiger partial charge in [-0.15, -0.1) is 0 Å². The lowest BCUT2D eigenvalue weighted by molar-refractivity contribution is -0.134. The van der Waals surface area contributed by atoms with Gasteiger partial charge in [-0.25, -0.2) is 0 Å². The highest BCUT2D eigenvalue weighted by atomic mass is 16.6. The number of ketones is 3. The van der Waals surface area contributed by atoms with Crippen LogP contribution in [0.3, 0.4) is 0 Å². The predicted molar refractivity (Wildman–Crippen MR) is 156 cm³/mol. The Balaban J connectivity index is 1.45. The molecule has 4 rings (SSSR count). The Bertz CT molecular complexity index is 1140. The third-order valence-electron chi connectivity index (χ3n) is 8.88. The highest BCUT2D eigenvalue weighted by Crippen LogP contribution is 2.37. The van der Waals surface area contributed by atoms with Crippen LogP contribution in [0.5, 0.6) is 0 Å². The first kappa shape index (κ1) is 32.0. The third-order valence-corrected chi connectivity index (χ3v) is 8.88. The van der Waals surface area contributed by atoms with Crippen LogP contribution in [-0.2, 0) is 35.1 Å². The molecule has 2 heterocycles. The molecular formula is C32H45N3O7. The fraction of sp³-hybridized carbons (Fsp3) is 0.656. The molecule has 3 N–H and O–H groups in total. The molecule has 1 aromatic carbocycles. The standard InChI is InChI=1S/C32H45N3O7/c1-21(15-26(36)19-35-11-13-41-14-12-35)31(40)34-27(17-23-7-9-24(10-8-23)30(33)39)28(37)18-25(16-22-5-3-4-6-22)29(38)32(2)20-42-32/h7-10,21-22,25,27H,3-6,11-20H2,1-2H3,(H2,33,39)(H,34,40). The van der Waals surface area contributed by atoms with Crippen LogP contribution in [0.15, 0.2) is 24.3 Å². The average Bonchev–Trinajstić information content (AvgIpc) is 3.50. The molecule has 3 fully saturated rings. The van der Waals surface area contributed by atoms with Gasteiger partial charge in [-0.1, -0.05) is 44.7 Å². The van der Waals surface area contributed by atoms with Gasteiger partial charge in [0.2, 0.25) is 11.8 Å². The maximum Gasteiger partial charge on any atom is 0.248 e. The van der Waals surface area contributed by atoms with Crippen LogP contribution in [0.1, 0.15) is 74.7 Å². The lowest BCUT2D eigenvalue weighted by Gasteiger charge is -2.26. The van der Waals surface area contributed by atoms with E-state index in [2.05, 4.69) is 5.32 Å². The second-order valence-electron chi connectivity index (χ2n) is 12.5. The number of carbonyl (C=O) groups excluding carboxylic acids is 5. The number of nitrogens with one attached hydrogen (secondary N) is 1.